The number of carbonyl (C=O) groups is 1. The molecule has 4 nitrogen and oxygen atoms in total. The Kier molecular flexibility index (Phi) is 3.86. The highest BCUT2D eigenvalue weighted by Gasteiger charge is 2.15. The monoisotopic (exact) mass is 274 g/mol. The smallest absolute Gasteiger partial charge is 0.224 e. The Morgan fingerprint density at radius 1 is 1.30 bits per heavy atom. The lowest BCUT2D eigenvalue weighted by Gasteiger charge is -2.18. The average Bonchev–Trinajstić information content (AvgIpc) is 2.69. The van der Waals surface area contributed by atoms with Gasteiger partial charge in [-0.1, -0.05) is 0 Å². The van der Waals surface area contributed by atoms with Crippen molar-refractivity contribution in [2.75, 3.05) is 6.54 Å². The fourth-order valence-corrected chi connectivity index (χ4v) is 2.04. The van der Waals surface area contributed by atoms with Crippen molar-refractivity contribution < 1.29 is 9.21 Å². The van der Waals surface area contributed by atoms with Crippen LogP contribution in [-0.4, -0.2) is 18.0 Å². The summed E-state index contributed by atoms with van der Waals surface area (Å²) >= 11 is 0. The lowest BCUT2D eigenvalue weighted by molar-refractivity contribution is -0.120. The zero-order valence-corrected chi connectivity index (χ0v) is 12.5. The van der Waals surface area contributed by atoms with E-state index in [1.165, 1.54) is 11.1 Å². The van der Waals surface area contributed by atoms with Gasteiger partial charge in [-0.3, -0.25) is 4.79 Å². The van der Waals surface area contributed by atoms with E-state index in [0.717, 1.165) is 16.5 Å². The minimum absolute atomic E-state index is 0.0375. The minimum Gasteiger partial charge on any atom is -0.464 e. The number of carbonyl (C=O) groups excluding carboxylic acids is 1. The summed E-state index contributed by atoms with van der Waals surface area (Å²) in [6, 6.07) is 4.08. The molecule has 1 aromatic heterocycles. The highest BCUT2D eigenvalue weighted by Crippen LogP contribution is 2.25. The van der Waals surface area contributed by atoms with Crippen molar-refractivity contribution in [2.45, 2.75) is 39.7 Å². The van der Waals surface area contributed by atoms with Gasteiger partial charge in [0.05, 0.1) is 12.7 Å². The van der Waals surface area contributed by atoms with E-state index in [9.17, 15) is 4.79 Å². The third-order valence-electron chi connectivity index (χ3n) is 3.36. The molecule has 0 aliphatic rings. The Labute approximate surface area is 119 Å². The summed E-state index contributed by atoms with van der Waals surface area (Å²) in [5.74, 6) is -0.0375. The zero-order valence-electron chi connectivity index (χ0n) is 12.5. The Hall–Kier alpha value is -1.81. The second-order valence-corrected chi connectivity index (χ2v) is 6.14. The molecule has 0 radical (unpaired) electrons. The van der Waals surface area contributed by atoms with E-state index in [-0.39, 0.29) is 5.91 Å². The molecule has 3 N–H and O–H groups in total. The maximum absolute atomic E-state index is 11.9. The molecular formula is C16H22N2O2. The molecule has 1 heterocycles. The Morgan fingerprint density at radius 3 is 2.60 bits per heavy atom. The van der Waals surface area contributed by atoms with Crippen LogP contribution in [0.4, 0.5) is 0 Å². The Bertz CT molecular complexity index is 636. The molecule has 0 unspecified atom stereocenters. The van der Waals surface area contributed by atoms with Gasteiger partial charge in [-0.15, -0.1) is 0 Å². The summed E-state index contributed by atoms with van der Waals surface area (Å²) in [4.78, 5) is 11.9. The SMILES string of the molecule is Cc1cc2occ(CC(=O)NCC(C)(C)N)c2cc1C. The van der Waals surface area contributed by atoms with Gasteiger partial charge >= 0.3 is 0 Å². The maximum atomic E-state index is 11.9. The number of nitrogens with two attached hydrogens (primary N) is 1. The van der Waals surface area contributed by atoms with Gasteiger partial charge in [0.25, 0.3) is 0 Å². The van der Waals surface area contributed by atoms with Crippen LogP contribution in [0.2, 0.25) is 0 Å². The van der Waals surface area contributed by atoms with Crippen LogP contribution >= 0.6 is 0 Å². The molecular weight excluding hydrogens is 252 g/mol. The van der Waals surface area contributed by atoms with E-state index in [4.69, 9.17) is 10.2 Å². The third kappa shape index (κ3) is 3.39. The van der Waals surface area contributed by atoms with Crippen molar-refractivity contribution in [2.24, 2.45) is 5.73 Å². The van der Waals surface area contributed by atoms with Gasteiger partial charge in [0.15, 0.2) is 0 Å². The summed E-state index contributed by atoms with van der Waals surface area (Å²) in [5, 5.41) is 3.86. The third-order valence-corrected chi connectivity index (χ3v) is 3.36. The van der Waals surface area contributed by atoms with Crippen LogP contribution in [0, 0.1) is 13.8 Å². The lowest BCUT2D eigenvalue weighted by atomic mass is 10.0. The first-order valence-corrected chi connectivity index (χ1v) is 6.79. The number of nitrogens with one attached hydrogen (secondary N) is 1. The molecule has 108 valence electrons. The van der Waals surface area contributed by atoms with Gasteiger partial charge in [-0.2, -0.15) is 0 Å². The van der Waals surface area contributed by atoms with Crippen LogP contribution in [0.25, 0.3) is 11.0 Å². The summed E-state index contributed by atoms with van der Waals surface area (Å²) in [6.45, 7) is 8.33. The minimum atomic E-state index is -0.401. The summed E-state index contributed by atoms with van der Waals surface area (Å²) < 4.78 is 5.53. The van der Waals surface area contributed by atoms with Gasteiger partial charge in [0.2, 0.25) is 5.91 Å². The molecule has 0 fully saturated rings. The number of hydrogen-bond acceptors (Lipinski definition) is 3. The van der Waals surface area contributed by atoms with E-state index in [2.05, 4.69) is 18.3 Å². The van der Waals surface area contributed by atoms with E-state index in [0.29, 0.717) is 13.0 Å². The summed E-state index contributed by atoms with van der Waals surface area (Å²) in [6.07, 6.45) is 1.97. The number of aryl methyl sites for hydroxylation is 2. The molecule has 4 heteroatoms. The Morgan fingerprint density at radius 2 is 1.95 bits per heavy atom. The zero-order chi connectivity index (χ0) is 14.9. The molecule has 2 aromatic rings. The van der Waals surface area contributed by atoms with Crippen LogP contribution < -0.4 is 11.1 Å². The van der Waals surface area contributed by atoms with Gasteiger partial charge < -0.3 is 15.5 Å². The average molecular weight is 274 g/mol. The predicted octanol–water partition coefficient (Wildman–Crippen LogP) is 2.45. The predicted molar refractivity (Wildman–Crippen MR) is 80.7 cm³/mol. The molecule has 20 heavy (non-hydrogen) atoms. The Balaban J connectivity index is 2.14. The van der Waals surface area contributed by atoms with Crippen molar-refractivity contribution in [1.82, 2.24) is 5.32 Å². The fraction of sp³-hybridized carbons (Fsp3) is 0.438. The number of rotatable bonds is 4. The number of fused-ring (bicyclic) bond motifs is 1. The first kappa shape index (κ1) is 14.6. The molecule has 2 rings (SSSR count). The molecule has 0 aliphatic heterocycles. The standard InChI is InChI=1S/C16H22N2O2/c1-10-5-13-12(8-20-14(13)6-11(10)2)7-15(19)18-9-16(3,4)17/h5-6,8H,7,9,17H2,1-4H3,(H,18,19). The van der Waals surface area contributed by atoms with E-state index in [1.54, 1.807) is 6.26 Å². The second kappa shape index (κ2) is 5.29. The van der Waals surface area contributed by atoms with E-state index in [1.807, 2.05) is 26.8 Å². The van der Waals surface area contributed by atoms with Crippen LogP contribution in [0.15, 0.2) is 22.8 Å². The molecule has 0 saturated heterocycles. The van der Waals surface area contributed by atoms with Crippen LogP contribution in [0.3, 0.4) is 0 Å². The van der Waals surface area contributed by atoms with Crippen LogP contribution in [-0.2, 0) is 11.2 Å². The molecule has 0 bridgehead atoms. The normalized spacial score (nSPS) is 11.8. The van der Waals surface area contributed by atoms with Gasteiger partial charge in [-0.25, -0.2) is 0 Å². The largest absolute Gasteiger partial charge is 0.464 e. The first-order valence-electron chi connectivity index (χ1n) is 6.79. The number of furan rings is 1. The highest BCUT2D eigenvalue weighted by atomic mass is 16.3. The first-order chi connectivity index (χ1) is 9.26. The molecule has 0 atom stereocenters. The lowest BCUT2D eigenvalue weighted by Crippen LogP contribution is -2.45. The van der Waals surface area contributed by atoms with Gasteiger partial charge in [0, 0.05) is 23.0 Å². The quantitative estimate of drug-likeness (QED) is 0.899. The van der Waals surface area contributed by atoms with Crippen molar-refractivity contribution in [1.29, 1.82) is 0 Å². The molecule has 0 saturated carbocycles. The second-order valence-electron chi connectivity index (χ2n) is 6.14. The van der Waals surface area contributed by atoms with Gasteiger partial charge in [-0.05, 0) is 51.0 Å². The highest BCUT2D eigenvalue weighted by molar-refractivity contribution is 5.88. The van der Waals surface area contributed by atoms with Crippen molar-refractivity contribution in [3.05, 3.63) is 35.1 Å². The van der Waals surface area contributed by atoms with Gasteiger partial charge in [0.1, 0.15) is 5.58 Å². The molecule has 0 aliphatic carbocycles. The molecule has 1 amide bonds. The maximum Gasteiger partial charge on any atom is 0.224 e. The number of benzene rings is 1. The summed E-state index contributed by atoms with van der Waals surface area (Å²) in [5.41, 5.74) is 9.58. The molecule has 1 aromatic carbocycles. The van der Waals surface area contributed by atoms with Crippen molar-refractivity contribution in [3.8, 4) is 0 Å². The number of hydrogen-bond donors (Lipinski definition) is 2. The summed E-state index contributed by atoms with van der Waals surface area (Å²) in [7, 11) is 0. The van der Waals surface area contributed by atoms with Crippen LogP contribution in [0.5, 0.6) is 0 Å². The van der Waals surface area contributed by atoms with E-state index >= 15 is 0 Å². The topological polar surface area (TPSA) is 68.3 Å². The molecule has 0 spiro atoms. The fourth-order valence-electron chi connectivity index (χ4n) is 2.04. The van der Waals surface area contributed by atoms with E-state index < -0.39 is 5.54 Å². The number of amides is 1. The van der Waals surface area contributed by atoms with Crippen molar-refractivity contribution >= 4 is 16.9 Å². The van der Waals surface area contributed by atoms with Crippen LogP contribution in [0.1, 0.15) is 30.5 Å². The van der Waals surface area contributed by atoms with Crippen molar-refractivity contribution in [3.63, 3.8) is 0 Å².